The molecule has 1 aliphatic rings. The van der Waals surface area contributed by atoms with Crippen molar-refractivity contribution < 1.29 is 17.9 Å². The maximum Gasteiger partial charge on any atom is 0.321 e. The minimum atomic E-state index is -3.61. The molecule has 140 valence electrons. The second-order valence-electron chi connectivity index (χ2n) is 6.57. The predicted molar refractivity (Wildman–Crippen MR) is 97.2 cm³/mol. The molecule has 0 unspecified atom stereocenters. The van der Waals surface area contributed by atoms with E-state index in [4.69, 9.17) is 4.74 Å². The van der Waals surface area contributed by atoms with Crippen LogP contribution in [0.5, 0.6) is 0 Å². The van der Waals surface area contributed by atoms with Gasteiger partial charge in [-0.1, -0.05) is 0 Å². The van der Waals surface area contributed by atoms with Crippen LogP contribution >= 0.6 is 0 Å². The summed E-state index contributed by atoms with van der Waals surface area (Å²) in [6.07, 6.45) is 0. The number of nitrogens with one attached hydrogen (secondary N) is 1. The average molecular weight is 369 g/mol. The number of carbonyl (C=O) groups is 1. The molecule has 2 amide bonds. The van der Waals surface area contributed by atoms with Crippen LogP contribution in [0.2, 0.25) is 0 Å². The maximum absolute atomic E-state index is 12.9. The Balaban J connectivity index is 2.17. The lowest BCUT2D eigenvalue weighted by atomic mass is 10.1. The highest BCUT2D eigenvalue weighted by atomic mass is 32.2. The Morgan fingerprint density at radius 1 is 1.24 bits per heavy atom. The van der Waals surface area contributed by atoms with Crippen LogP contribution in [0, 0.1) is 0 Å². The zero-order valence-corrected chi connectivity index (χ0v) is 16.1. The van der Waals surface area contributed by atoms with Gasteiger partial charge < -0.3 is 15.0 Å². The van der Waals surface area contributed by atoms with Crippen molar-refractivity contribution in [2.75, 3.05) is 38.2 Å². The number of morpholine rings is 1. The molecule has 0 saturated carbocycles. The number of carbonyl (C=O) groups excluding carboxylic acids is 1. The van der Waals surface area contributed by atoms with E-state index in [9.17, 15) is 13.2 Å². The SMILES string of the molecule is CCN(CC)C(=O)Nc1ccc(S(=O)(=O)N2CCOCC2(C)C)cc1. The summed E-state index contributed by atoms with van der Waals surface area (Å²) >= 11 is 0. The second kappa shape index (κ2) is 7.72. The normalized spacial score (nSPS) is 17.9. The van der Waals surface area contributed by atoms with Gasteiger partial charge in [-0.2, -0.15) is 4.31 Å². The fourth-order valence-corrected chi connectivity index (χ4v) is 4.59. The monoisotopic (exact) mass is 369 g/mol. The molecule has 1 aromatic rings. The van der Waals surface area contributed by atoms with Crippen molar-refractivity contribution >= 4 is 21.7 Å². The second-order valence-corrected chi connectivity index (χ2v) is 8.43. The minimum absolute atomic E-state index is 0.199. The van der Waals surface area contributed by atoms with Crippen molar-refractivity contribution in [3.05, 3.63) is 24.3 Å². The Morgan fingerprint density at radius 3 is 2.36 bits per heavy atom. The number of rotatable bonds is 5. The number of amides is 2. The Morgan fingerprint density at radius 2 is 1.84 bits per heavy atom. The van der Waals surface area contributed by atoms with Gasteiger partial charge in [-0.05, 0) is 52.0 Å². The number of hydrogen-bond donors (Lipinski definition) is 1. The first-order chi connectivity index (χ1) is 11.7. The van der Waals surface area contributed by atoms with Gasteiger partial charge in [0, 0.05) is 25.3 Å². The Kier molecular flexibility index (Phi) is 6.08. The molecule has 1 heterocycles. The zero-order valence-electron chi connectivity index (χ0n) is 15.3. The van der Waals surface area contributed by atoms with Crippen molar-refractivity contribution in [3.63, 3.8) is 0 Å². The molecule has 0 aromatic heterocycles. The number of nitrogens with zero attached hydrogens (tertiary/aromatic N) is 2. The topological polar surface area (TPSA) is 79.0 Å². The molecule has 0 atom stereocenters. The minimum Gasteiger partial charge on any atom is -0.378 e. The number of sulfonamides is 1. The molecule has 8 heteroatoms. The summed E-state index contributed by atoms with van der Waals surface area (Å²) in [4.78, 5) is 13.9. The molecule has 0 aliphatic carbocycles. The number of anilines is 1. The third-order valence-electron chi connectivity index (χ3n) is 4.31. The summed E-state index contributed by atoms with van der Waals surface area (Å²) in [5.41, 5.74) is -0.0238. The highest BCUT2D eigenvalue weighted by Crippen LogP contribution is 2.28. The lowest BCUT2D eigenvalue weighted by molar-refractivity contribution is -0.00770. The molecule has 0 bridgehead atoms. The number of benzene rings is 1. The van der Waals surface area contributed by atoms with Crippen LogP contribution in [-0.2, 0) is 14.8 Å². The average Bonchev–Trinajstić information content (AvgIpc) is 2.55. The molecule has 1 aliphatic heterocycles. The molecule has 7 nitrogen and oxygen atoms in total. The Bertz CT molecular complexity index is 697. The lowest BCUT2D eigenvalue weighted by Crippen LogP contribution is -2.55. The third kappa shape index (κ3) is 4.31. The predicted octanol–water partition coefficient (Wildman–Crippen LogP) is 2.36. The molecule has 1 N–H and O–H groups in total. The molecule has 1 saturated heterocycles. The quantitative estimate of drug-likeness (QED) is 0.864. The van der Waals surface area contributed by atoms with Gasteiger partial charge in [0.05, 0.1) is 23.6 Å². The summed E-state index contributed by atoms with van der Waals surface area (Å²) in [6.45, 7) is 9.82. The van der Waals surface area contributed by atoms with Crippen LogP contribution in [0.25, 0.3) is 0 Å². The highest BCUT2D eigenvalue weighted by Gasteiger charge is 2.39. The molecular weight excluding hydrogens is 342 g/mol. The van der Waals surface area contributed by atoms with Crippen LogP contribution < -0.4 is 5.32 Å². The van der Waals surface area contributed by atoms with Gasteiger partial charge in [0.25, 0.3) is 0 Å². The summed E-state index contributed by atoms with van der Waals surface area (Å²) in [6, 6.07) is 6.08. The highest BCUT2D eigenvalue weighted by molar-refractivity contribution is 7.89. The molecular formula is C17H27N3O4S. The smallest absolute Gasteiger partial charge is 0.321 e. The number of urea groups is 1. The van der Waals surface area contributed by atoms with Crippen molar-refractivity contribution in [3.8, 4) is 0 Å². The van der Waals surface area contributed by atoms with E-state index in [-0.39, 0.29) is 10.9 Å². The van der Waals surface area contributed by atoms with Crippen molar-refractivity contribution in [2.24, 2.45) is 0 Å². The van der Waals surface area contributed by atoms with Gasteiger partial charge in [0.2, 0.25) is 10.0 Å². The first-order valence-corrected chi connectivity index (χ1v) is 9.93. The van der Waals surface area contributed by atoms with E-state index in [0.29, 0.717) is 38.5 Å². The van der Waals surface area contributed by atoms with E-state index < -0.39 is 15.6 Å². The molecule has 25 heavy (non-hydrogen) atoms. The van der Waals surface area contributed by atoms with Gasteiger partial charge >= 0.3 is 6.03 Å². The van der Waals surface area contributed by atoms with E-state index in [0.717, 1.165) is 0 Å². The van der Waals surface area contributed by atoms with Gasteiger partial charge in [-0.3, -0.25) is 0 Å². The van der Waals surface area contributed by atoms with E-state index in [1.807, 2.05) is 27.7 Å². The Hall–Kier alpha value is -1.64. The standard InChI is InChI=1S/C17H27N3O4S/c1-5-19(6-2)16(21)18-14-7-9-15(10-8-14)25(22,23)20-11-12-24-13-17(20,3)4/h7-10H,5-6,11-13H2,1-4H3,(H,18,21). The summed E-state index contributed by atoms with van der Waals surface area (Å²) in [5.74, 6) is 0. The molecule has 0 radical (unpaired) electrons. The largest absolute Gasteiger partial charge is 0.378 e. The lowest BCUT2D eigenvalue weighted by Gasteiger charge is -2.40. The van der Waals surface area contributed by atoms with E-state index >= 15 is 0 Å². The van der Waals surface area contributed by atoms with Crippen molar-refractivity contribution in [1.82, 2.24) is 9.21 Å². The molecule has 2 rings (SSSR count). The number of hydrogen-bond acceptors (Lipinski definition) is 4. The molecule has 0 spiro atoms. The fraction of sp³-hybridized carbons (Fsp3) is 0.588. The van der Waals surface area contributed by atoms with Gasteiger partial charge in [-0.15, -0.1) is 0 Å². The third-order valence-corrected chi connectivity index (χ3v) is 6.44. The van der Waals surface area contributed by atoms with Crippen LogP contribution in [0.15, 0.2) is 29.2 Å². The van der Waals surface area contributed by atoms with Gasteiger partial charge in [0.1, 0.15) is 0 Å². The van der Waals surface area contributed by atoms with E-state index in [2.05, 4.69) is 5.32 Å². The van der Waals surface area contributed by atoms with E-state index in [1.165, 1.54) is 16.4 Å². The van der Waals surface area contributed by atoms with E-state index in [1.54, 1.807) is 17.0 Å². The first kappa shape index (κ1) is 19.7. The van der Waals surface area contributed by atoms with Crippen LogP contribution in [0.4, 0.5) is 10.5 Å². The fourth-order valence-electron chi connectivity index (χ4n) is 2.84. The summed E-state index contributed by atoms with van der Waals surface area (Å²) in [5, 5.41) is 2.78. The zero-order chi connectivity index (χ0) is 18.7. The van der Waals surface area contributed by atoms with Crippen LogP contribution in [0.1, 0.15) is 27.7 Å². The van der Waals surface area contributed by atoms with Gasteiger partial charge in [0.15, 0.2) is 0 Å². The maximum atomic E-state index is 12.9. The summed E-state index contributed by atoms with van der Waals surface area (Å²) in [7, 11) is -3.61. The number of ether oxygens (including phenoxy) is 1. The van der Waals surface area contributed by atoms with Crippen molar-refractivity contribution in [2.45, 2.75) is 38.1 Å². The van der Waals surface area contributed by atoms with Crippen molar-refractivity contribution in [1.29, 1.82) is 0 Å². The van der Waals surface area contributed by atoms with Gasteiger partial charge in [-0.25, -0.2) is 13.2 Å². The summed E-state index contributed by atoms with van der Waals surface area (Å²) < 4.78 is 32.7. The Labute approximate surface area is 150 Å². The van der Waals surface area contributed by atoms with Crippen LogP contribution in [0.3, 0.4) is 0 Å². The molecule has 1 aromatic carbocycles. The van der Waals surface area contributed by atoms with Crippen LogP contribution in [-0.4, -0.2) is 62.0 Å². The molecule has 1 fully saturated rings. The first-order valence-electron chi connectivity index (χ1n) is 8.49.